The van der Waals surface area contributed by atoms with Gasteiger partial charge in [0.15, 0.2) is 6.10 Å². The quantitative estimate of drug-likeness (QED) is 0.308. The Labute approximate surface area is 222 Å². The Bertz CT molecular complexity index is 1150. The number of nitrogens with one attached hydrogen (secondary N) is 1. The van der Waals surface area contributed by atoms with Gasteiger partial charge in [0, 0.05) is 24.4 Å². The Balaban J connectivity index is 1.45. The molecule has 0 radical (unpaired) electrons. The molecule has 11 nitrogen and oxygen atoms in total. The molecule has 1 aromatic heterocycles. The van der Waals surface area contributed by atoms with E-state index in [-0.39, 0.29) is 38.9 Å². The maximum absolute atomic E-state index is 13.3. The van der Waals surface area contributed by atoms with Crippen LogP contribution in [0.15, 0.2) is 40.9 Å². The number of carbonyl (C=O) groups is 3. The maximum Gasteiger partial charge on any atom is 0.332 e. The molecule has 2 aromatic rings. The Morgan fingerprint density at radius 1 is 1.21 bits per heavy atom. The standard InChI is InChI=1S/C26H35N2O9P/c1-18(25(31)33-13-11-20-8-6-5-7-9-20)16-38(32)35-17-26(3,4)23(37-38)24(30)27-12-10-22(29)34-15-21-14-19(2)36-28-21/h5-9,14,18,23H,10-13,15-17H2,1-4H3,(H,27,30)/t18-,23+,38?/m1/s1. The zero-order chi connectivity index (χ0) is 27.8. The minimum atomic E-state index is -3.77. The first-order chi connectivity index (χ1) is 18.0. The van der Waals surface area contributed by atoms with Crippen molar-refractivity contribution in [3.63, 3.8) is 0 Å². The van der Waals surface area contributed by atoms with E-state index in [2.05, 4.69) is 10.5 Å². The van der Waals surface area contributed by atoms with E-state index in [0.717, 1.165) is 5.56 Å². The SMILES string of the molecule is Cc1cc(COC(=O)CCNC(=O)[C@@H]2OP(=O)(C[C@@H](C)C(=O)OCCc3ccccc3)OCC2(C)C)no1. The highest BCUT2D eigenvalue weighted by Crippen LogP contribution is 2.57. The van der Waals surface area contributed by atoms with Crippen LogP contribution in [0.4, 0.5) is 0 Å². The number of amides is 1. The number of ether oxygens (including phenoxy) is 2. The number of hydrogen-bond donors (Lipinski definition) is 1. The molecule has 208 valence electrons. The fourth-order valence-corrected chi connectivity index (χ4v) is 6.04. The van der Waals surface area contributed by atoms with Crippen LogP contribution in [0.1, 0.15) is 44.2 Å². The number of benzene rings is 1. The summed E-state index contributed by atoms with van der Waals surface area (Å²) < 4.78 is 39.9. The lowest BCUT2D eigenvalue weighted by Crippen LogP contribution is -2.50. The van der Waals surface area contributed by atoms with Crippen molar-refractivity contribution in [1.82, 2.24) is 10.5 Å². The Kier molecular flexibility index (Phi) is 10.2. The number of esters is 2. The predicted octanol–water partition coefficient (Wildman–Crippen LogP) is 3.59. The average Bonchev–Trinajstić information content (AvgIpc) is 3.30. The normalized spacial score (nSPS) is 21.3. The lowest BCUT2D eigenvalue weighted by Gasteiger charge is -2.40. The van der Waals surface area contributed by atoms with Crippen molar-refractivity contribution in [2.75, 3.05) is 25.9 Å². The van der Waals surface area contributed by atoms with Crippen LogP contribution < -0.4 is 5.32 Å². The van der Waals surface area contributed by atoms with Gasteiger partial charge in [-0.1, -0.05) is 56.3 Å². The summed E-state index contributed by atoms with van der Waals surface area (Å²) in [4.78, 5) is 37.3. The molecule has 1 fully saturated rings. The lowest BCUT2D eigenvalue weighted by atomic mass is 9.87. The summed E-state index contributed by atoms with van der Waals surface area (Å²) in [7, 11) is -3.77. The van der Waals surface area contributed by atoms with E-state index in [9.17, 15) is 18.9 Å². The minimum Gasteiger partial charge on any atom is -0.465 e. The van der Waals surface area contributed by atoms with E-state index >= 15 is 0 Å². The van der Waals surface area contributed by atoms with Crippen LogP contribution in [0.3, 0.4) is 0 Å². The second-order valence-corrected chi connectivity index (χ2v) is 12.0. The van der Waals surface area contributed by atoms with Gasteiger partial charge in [-0.05, 0) is 12.5 Å². The molecule has 1 aromatic carbocycles. The van der Waals surface area contributed by atoms with Crippen LogP contribution in [0, 0.1) is 18.3 Å². The molecular weight excluding hydrogens is 515 g/mol. The van der Waals surface area contributed by atoms with E-state index in [4.69, 9.17) is 23.0 Å². The second kappa shape index (κ2) is 13.2. The zero-order valence-electron chi connectivity index (χ0n) is 22.1. The summed E-state index contributed by atoms with van der Waals surface area (Å²) in [6, 6.07) is 11.3. The van der Waals surface area contributed by atoms with E-state index in [1.165, 1.54) is 0 Å². The van der Waals surface area contributed by atoms with Crippen LogP contribution in [0.2, 0.25) is 0 Å². The minimum absolute atomic E-state index is 0.000746. The van der Waals surface area contributed by atoms with Crippen LogP contribution in [0.5, 0.6) is 0 Å². The van der Waals surface area contributed by atoms with Crippen LogP contribution in [-0.4, -0.2) is 55.0 Å². The second-order valence-electron chi connectivity index (χ2n) is 9.98. The molecule has 2 heterocycles. The van der Waals surface area contributed by atoms with Crippen LogP contribution in [-0.2, 0) is 50.5 Å². The fourth-order valence-electron chi connectivity index (χ4n) is 3.73. The molecule has 1 amide bonds. The Morgan fingerprint density at radius 2 is 1.95 bits per heavy atom. The van der Waals surface area contributed by atoms with Crippen LogP contribution in [0.25, 0.3) is 0 Å². The molecule has 1 N–H and O–H groups in total. The van der Waals surface area contributed by atoms with Gasteiger partial charge >= 0.3 is 19.5 Å². The van der Waals surface area contributed by atoms with Crippen molar-refractivity contribution in [2.24, 2.45) is 11.3 Å². The van der Waals surface area contributed by atoms with Crippen molar-refractivity contribution in [1.29, 1.82) is 0 Å². The van der Waals surface area contributed by atoms with Crippen molar-refractivity contribution < 1.29 is 42.0 Å². The summed E-state index contributed by atoms with van der Waals surface area (Å²) in [5.74, 6) is -1.73. The van der Waals surface area contributed by atoms with Crippen molar-refractivity contribution in [3.05, 3.63) is 53.4 Å². The number of aromatic nitrogens is 1. The molecule has 38 heavy (non-hydrogen) atoms. The van der Waals surface area contributed by atoms with Gasteiger partial charge in [0.1, 0.15) is 18.1 Å². The summed E-state index contributed by atoms with van der Waals surface area (Å²) in [5.41, 5.74) is 0.735. The number of rotatable bonds is 12. The summed E-state index contributed by atoms with van der Waals surface area (Å²) >= 11 is 0. The molecule has 0 spiro atoms. The number of carbonyl (C=O) groups excluding carboxylic acids is 3. The molecule has 1 aliphatic rings. The molecule has 1 unspecified atom stereocenters. The highest BCUT2D eigenvalue weighted by atomic mass is 31.2. The molecule has 1 saturated heterocycles. The van der Waals surface area contributed by atoms with Gasteiger partial charge in [0.2, 0.25) is 5.91 Å². The molecule has 0 bridgehead atoms. The third kappa shape index (κ3) is 8.79. The van der Waals surface area contributed by atoms with Crippen molar-refractivity contribution in [2.45, 2.75) is 53.2 Å². The average molecular weight is 551 g/mol. The lowest BCUT2D eigenvalue weighted by molar-refractivity contribution is -0.147. The largest absolute Gasteiger partial charge is 0.465 e. The molecular formula is C26H35N2O9P. The molecule has 1 aliphatic heterocycles. The van der Waals surface area contributed by atoms with Gasteiger partial charge in [0.05, 0.1) is 31.7 Å². The monoisotopic (exact) mass is 550 g/mol. The van der Waals surface area contributed by atoms with Gasteiger partial charge in [-0.15, -0.1) is 0 Å². The van der Waals surface area contributed by atoms with E-state index in [0.29, 0.717) is 17.9 Å². The van der Waals surface area contributed by atoms with Gasteiger partial charge in [-0.3, -0.25) is 23.5 Å². The summed E-state index contributed by atoms with van der Waals surface area (Å²) in [6.45, 7) is 6.96. The first-order valence-corrected chi connectivity index (χ1v) is 14.2. The van der Waals surface area contributed by atoms with Gasteiger partial charge in [0.25, 0.3) is 0 Å². The van der Waals surface area contributed by atoms with Gasteiger partial charge in [-0.25, -0.2) is 0 Å². The number of hydrogen-bond acceptors (Lipinski definition) is 10. The van der Waals surface area contributed by atoms with E-state index < -0.39 is 42.9 Å². The maximum atomic E-state index is 13.3. The van der Waals surface area contributed by atoms with Gasteiger partial charge in [-0.2, -0.15) is 0 Å². The highest BCUT2D eigenvalue weighted by Gasteiger charge is 2.48. The van der Waals surface area contributed by atoms with Crippen LogP contribution >= 0.6 is 7.60 Å². The Hall–Kier alpha value is -3.01. The molecule has 3 rings (SSSR count). The molecule has 3 atom stereocenters. The molecule has 12 heteroatoms. The third-order valence-electron chi connectivity index (χ3n) is 5.91. The number of nitrogens with zero attached hydrogens (tertiary/aromatic N) is 1. The third-order valence-corrected chi connectivity index (χ3v) is 7.96. The fraction of sp³-hybridized carbons (Fsp3) is 0.538. The molecule has 0 saturated carbocycles. The topological polar surface area (TPSA) is 143 Å². The van der Waals surface area contributed by atoms with E-state index in [1.54, 1.807) is 33.8 Å². The Morgan fingerprint density at radius 3 is 2.63 bits per heavy atom. The smallest absolute Gasteiger partial charge is 0.332 e. The zero-order valence-corrected chi connectivity index (χ0v) is 23.0. The van der Waals surface area contributed by atoms with Crippen molar-refractivity contribution in [3.8, 4) is 0 Å². The van der Waals surface area contributed by atoms with Gasteiger partial charge < -0.3 is 23.8 Å². The predicted molar refractivity (Wildman–Crippen MR) is 136 cm³/mol. The summed E-state index contributed by atoms with van der Waals surface area (Å²) in [5, 5.41) is 6.37. The molecule has 0 aliphatic carbocycles. The first kappa shape index (κ1) is 29.5. The summed E-state index contributed by atoms with van der Waals surface area (Å²) in [6.07, 6.45) is -0.827. The van der Waals surface area contributed by atoms with Crippen molar-refractivity contribution >= 4 is 25.4 Å². The first-order valence-electron chi connectivity index (χ1n) is 12.5. The highest BCUT2D eigenvalue weighted by molar-refractivity contribution is 7.54. The van der Waals surface area contributed by atoms with E-state index in [1.807, 2.05) is 30.3 Å². The number of aryl methyl sites for hydroxylation is 1.